The number of halogens is 4. The molecule has 0 bridgehead atoms. The number of benzene rings is 1. The van der Waals surface area contributed by atoms with Crippen molar-refractivity contribution in [3.63, 3.8) is 0 Å². The molecule has 2 nitrogen and oxygen atoms in total. The Morgan fingerprint density at radius 2 is 1.86 bits per heavy atom. The summed E-state index contributed by atoms with van der Waals surface area (Å²) in [6, 6.07) is 2.26. The molecule has 0 saturated carbocycles. The Hall–Kier alpha value is -1.30. The summed E-state index contributed by atoms with van der Waals surface area (Å²) in [7, 11) is 0. The highest BCUT2D eigenvalue weighted by Crippen LogP contribution is 2.32. The first kappa shape index (κ1) is 17.8. The maximum Gasteiger partial charge on any atom is 0.425 e. The van der Waals surface area contributed by atoms with E-state index in [1.54, 1.807) is 6.92 Å². The maximum atomic E-state index is 13.7. The number of aryl methyl sites for hydroxylation is 1. The Bertz CT molecular complexity index is 473. The lowest BCUT2D eigenvalue weighted by molar-refractivity contribution is -0.189. The molecule has 21 heavy (non-hydrogen) atoms. The number of alkyl halides is 3. The SMILES string of the molecule is CCCNC(C)c1cc(F)c(C)cc1OC(C)C(F)(F)F. The molecular weight excluding hydrogens is 286 g/mol. The molecule has 0 fully saturated rings. The van der Waals surface area contributed by atoms with Crippen molar-refractivity contribution < 1.29 is 22.3 Å². The zero-order valence-electron chi connectivity index (χ0n) is 12.6. The molecule has 6 heteroatoms. The summed E-state index contributed by atoms with van der Waals surface area (Å²) in [5.41, 5.74) is 0.647. The lowest BCUT2D eigenvalue weighted by atomic mass is 10.0. The smallest absolute Gasteiger partial charge is 0.425 e. The standard InChI is InChI=1S/C15H21F4NO/c1-5-6-20-10(3)12-8-13(16)9(2)7-14(12)21-11(4)15(17,18)19/h7-8,10-11,20H,5-6H2,1-4H3. The van der Waals surface area contributed by atoms with Crippen molar-refractivity contribution in [2.45, 2.75) is 52.4 Å². The van der Waals surface area contributed by atoms with Gasteiger partial charge in [-0.1, -0.05) is 6.92 Å². The van der Waals surface area contributed by atoms with E-state index in [2.05, 4.69) is 5.32 Å². The summed E-state index contributed by atoms with van der Waals surface area (Å²) in [4.78, 5) is 0. The first-order valence-corrected chi connectivity index (χ1v) is 6.93. The number of hydrogen-bond acceptors (Lipinski definition) is 2. The van der Waals surface area contributed by atoms with Gasteiger partial charge in [-0.25, -0.2) is 4.39 Å². The summed E-state index contributed by atoms with van der Waals surface area (Å²) in [5.74, 6) is -0.392. The molecule has 0 aliphatic rings. The highest BCUT2D eigenvalue weighted by Gasteiger charge is 2.38. The molecule has 1 aromatic rings. The van der Waals surface area contributed by atoms with Crippen LogP contribution in [-0.4, -0.2) is 18.8 Å². The van der Waals surface area contributed by atoms with Crippen LogP contribution in [-0.2, 0) is 0 Å². The molecule has 1 N–H and O–H groups in total. The average Bonchev–Trinajstić information content (AvgIpc) is 2.38. The van der Waals surface area contributed by atoms with Crippen molar-refractivity contribution in [1.82, 2.24) is 5.32 Å². The van der Waals surface area contributed by atoms with Crippen LogP contribution in [0.4, 0.5) is 17.6 Å². The molecule has 2 unspecified atom stereocenters. The predicted molar refractivity (Wildman–Crippen MR) is 74.0 cm³/mol. The molecule has 120 valence electrons. The van der Waals surface area contributed by atoms with Gasteiger partial charge in [0.05, 0.1) is 0 Å². The third kappa shape index (κ3) is 4.88. The molecule has 1 aromatic carbocycles. The fourth-order valence-corrected chi connectivity index (χ4v) is 1.84. The number of ether oxygens (including phenoxy) is 1. The third-order valence-corrected chi connectivity index (χ3v) is 3.22. The van der Waals surface area contributed by atoms with E-state index in [1.165, 1.54) is 19.1 Å². The highest BCUT2D eigenvalue weighted by molar-refractivity contribution is 5.40. The largest absolute Gasteiger partial charge is 0.481 e. The highest BCUT2D eigenvalue weighted by atomic mass is 19.4. The topological polar surface area (TPSA) is 21.3 Å². The van der Waals surface area contributed by atoms with Gasteiger partial charge in [0.1, 0.15) is 11.6 Å². The summed E-state index contributed by atoms with van der Waals surface area (Å²) in [6.07, 6.45) is -5.53. The van der Waals surface area contributed by atoms with Gasteiger partial charge >= 0.3 is 6.18 Å². The molecular formula is C15H21F4NO. The fourth-order valence-electron chi connectivity index (χ4n) is 1.84. The first-order chi connectivity index (χ1) is 9.66. The minimum atomic E-state index is -4.46. The van der Waals surface area contributed by atoms with E-state index in [1.807, 2.05) is 6.92 Å². The second-order valence-corrected chi connectivity index (χ2v) is 5.12. The lowest BCUT2D eigenvalue weighted by Crippen LogP contribution is -2.32. The predicted octanol–water partition coefficient (Wildman–Crippen LogP) is 4.52. The summed E-state index contributed by atoms with van der Waals surface area (Å²) >= 11 is 0. The van der Waals surface area contributed by atoms with Crippen molar-refractivity contribution in [3.05, 3.63) is 29.1 Å². The average molecular weight is 307 g/mol. The van der Waals surface area contributed by atoms with Crippen LogP contribution < -0.4 is 10.1 Å². The van der Waals surface area contributed by atoms with Gasteiger partial charge in [-0.15, -0.1) is 0 Å². The molecule has 0 radical (unpaired) electrons. The van der Waals surface area contributed by atoms with E-state index in [0.29, 0.717) is 12.1 Å². The molecule has 2 atom stereocenters. The molecule has 0 aromatic heterocycles. The van der Waals surface area contributed by atoms with Crippen molar-refractivity contribution in [2.75, 3.05) is 6.54 Å². The van der Waals surface area contributed by atoms with E-state index >= 15 is 0 Å². The minimum Gasteiger partial charge on any atom is -0.481 e. The van der Waals surface area contributed by atoms with E-state index in [4.69, 9.17) is 4.74 Å². The van der Waals surface area contributed by atoms with Crippen LogP contribution in [0.1, 0.15) is 44.4 Å². The Morgan fingerprint density at radius 1 is 1.24 bits per heavy atom. The van der Waals surface area contributed by atoms with Gasteiger partial charge in [0.25, 0.3) is 0 Å². The summed E-state index contributed by atoms with van der Waals surface area (Å²) in [6.45, 7) is 6.86. The van der Waals surface area contributed by atoms with E-state index in [9.17, 15) is 17.6 Å². The van der Waals surface area contributed by atoms with Gasteiger partial charge in [0, 0.05) is 11.6 Å². The fraction of sp³-hybridized carbons (Fsp3) is 0.600. The molecule has 0 aliphatic carbocycles. The van der Waals surface area contributed by atoms with Crippen molar-refractivity contribution in [3.8, 4) is 5.75 Å². The summed E-state index contributed by atoms with van der Waals surface area (Å²) in [5, 5.41) is 3.12. The van der Waals surface area contributed by atoms with Crippen LogP contribution >= 0.6 is 0 Å². The molecule has 0 spiro atoms. The normalized spacial score (nSPS) is 14.9. The van der Waals surface area contributed by atoms with Crippen LogP contribution in [0.15, 0.2) is 12.1 Å². The van der Waals surface area contributed by atoms with Crippen LogP contribution in [0.25, 0.3) is 0 Å². The van der Waals surface area contributed by atoms with Gasteiger partial charge in [-0.05, 0) is 51.4 Å². The molecule has 0 heterocycles. The minimum absolute atomic E-state index is 0.0647. The van der Waals surface area contributed by atoms with Crippen molar-refractivity contribution in [1.29, 1.82) is 0 Å². The maximum absolute atomic E-state index is 13.7. The van der Waals surface area contributed by atoms with Crippen LogP contribution in [0.5, 0.6) is 5.75 Å². The van der Waals surface area contributed by atoms with Gasteiger partial charge < -0.3 is 10.1 Å². The molecule has 0 saturated heterocycles. The molecule has 0 aliphatic heterocycles. The van der Waals surface area contributed by atoms with Gasteiger partial charge in [-0.2, -0.15) is 13.2 Å². The van der Waals surface area contributed by atoms with Crippen molar-refractivity contribution >= 4 is 0 Å². The third-order valence-electron chi connectivity index (χ3n) is 3.22. The van der Waals surface area contributed by atoms with Gasteiger partial charge in [0.2, 0.25) is 0 Å². The molecule has 0 amide bonds. The second-order valence-electron chi connectivity index (χ2n) is 5.12. The Labute approximate surface area is 122 Å². The Balaban J connectivity index is 3.08. The second kappa shape index (κ2) is 7.11. The van der Waals surface area contributed by atoms with E-state index < -0.39 is 18.1 Å². The van der Waals surface area contributed by atoms with Gasteiger partial charge in [-0.3, -0.25) is 0 Å². The number of nitrogens with one attached hydrogen (secondary N) is 1. The van der Waals surface area contributed by atoms with Crippen molar-refractivity contribution in [2.24, 2.45) is 0 Å². The quantitative estimate of drug-likeness (QED) is 0.780. The number of hydrogen-bond donors (Lipinski definition) is 1. The van der Waals surface area contributed by atoms with Crippen LogP contribution in [0, 0.1) is 12.7 Å². The zero-order chi connectivity index (χ0) is 16.2. The Kier molecular flexibility index (Phi) is 6.01. The van der Waals surface area contributed by atoms with Crippen LogP contribution in [0.3, 0.4) is 0 Å². The lowest BCUT2D eigenvalue weighted by Gasteiger charge is -2.23. The summed E-state index contributed by atoms with van der Waals surface area (Å²) < 4.78 is 56.6. The first-order valence-electron chi connectivity index (χ1n) is 6.93. The zero-order valence-corrected chi connectivity index (χ0v) is 12.6. The Morgan fingerprint density at radius 3 is 2.38 bits per heavy atom. The monoisotopic (exact) mass is 307 g/mol. The number of rotatable bonds is 6. The van der Waals surface area contributed by atoms with Crippen LogP contribution in [0.2, 0.25) is 0 Å². The van der Waals surface area contributed by atoms with Gasteiger partial charge in [0.15, 0.2) is 6.10 Å². The van der Waals surface area contributed by atoms with E-state index in [-0.39, 0.29) is 17.4 Å². The van der Waals surface area contributed by atoms with E-state index in [0.717, 1.165) is 13.3 Å². The molecule has 1 rings (SSSR count).